The van der Waals surface area contributed by atoms with Crippen LogP contribution in [0.2, 0.25) is 0 Å². The van der Waals surface area contributed by atoms with Crippen molar-refractivity contribution < 1.29 is 32.4 Å². The van der Waals surface area contributed by atoms with Gasteiger partial charge in [0.15, 0.2) is 18.2 Å². The number of aldehydes is 1. The van der Waals surface area contributed by atoms with Gasteiger partial charge in [0.25, 0.3) is 5.69 Å². The third kappa shape index (κ3) is 4.11. The Hall–Kier alpha value is -2.55. The van der Waals surface area contributed by atoms with E-state index in [-0.39, 0.29) is 18.5 Å². The van der Waals surface area contributed by atoms with Gasteiger partial charge < -0.3 is 4.74 Å². The molecule has 1 aromatic carbocycles. The largest absolute Gasteiger partial charge is 0.416 e. The third-order valence-electron chi connectivity index (χ3n) is 3.73. The summed E-state index contributed by atoms with van der Waals surface area (Å²) in [6.45, 7) is 6.23. The highest BCUT2D eigenvalue weighted by molar-refractivity contribution is 6.04. The molecule has 2 atom stereocenters. The van der Waals surface area contributed by atoms with Crippen molar-refractivity contribution in [2.45, 2.75) is 31.5 Å². The highest BCUT2D eigenvalue weighted by Gasteiger charge is 2.43. The molecule has 25 heavy (non-hydrogen) atoms. The van der Waals surface area contributed by atoms with Gasteiger partial charge in [-0.2, -0.15) is 13.2 Å². The van der Waals surface area contributed by atoms with E-state index >= 15 is 0 Å². The Labute approximate surface area is 141 Å². The number of hydrogen-bond acceptors (Lipinski definition) is 5. The van der Waals surface area contributed by atoms with Crippen LogP contribution in [0.3, 0.4) is 0 Å². The van der Waals surface area contributed by atoms with Crippen molar-refractivity contribution >= 4 is 17.8 Å². The van der Waals surface area contributed by atoms with Crippen LogP contribution in [-0.2, 0) is 25.9 Å². The number of benzene rings is 1. The van der Waals surface area contributed by atoms with E-state index in [1.165, 1.54) is 13.8 Å². The molecule has 6 nitrogen and oxygen atoms in total. The Morgan fingerprint density at radius 2 is 2.04 bits per heavy atom. The molecule has 0 aliphatic carbocycles. The van der Waals surface area contributed by atoms with Crippen LogP contribution < -0.4 is 0 Å². The maximum atomic E-state index is 12.8. The highest BCUT2D eigenvalue weighted by atomic mass is 19.4. The van der Waals surface area contributed by atoms with Gasteiger partial charge in [0, 0.05) is 18.2 Å². The molecule has 0 fully saturated rings. The van der Waals surface area contributed by atoms with Crippen LogP contribution in [0.25, 0.3) is 0 Å². The van der Waals surface area contributed by atoms with Gasteiger partial charge in [-0.05, 0) is 19.9 Å². The molecule has 0 heterocycles. The van der Waals surface area contributed by atoms with Gasteiger partial charge in [-0.25, -0.2) is 0 Å². The standard InChI is InChI=1S/C16H16F3NO5/c1-4-15(3,14(22)13(9-21)25-5-2)11-7-6-10(16(17,18)19)8-12(11)20(23)24/h4,6-9,13H,1,5H2,2-3H3. The van der Waals surface area contributed by atoms with Gasteiger partial charge >= 0.3 is 6.18 Å². The number of nitrogens with zero attached hydrogens (tertiary/aromatic N) is 1. The van der Waals surface area contributed by atoms with Crippen molar-refractivity contribution in [3.05, 3.63) is 52.1 Å². The monoisotopic (exact) mass is 359 g/mol. The normalized spacial score (nSPS) is 15.1. The zero-order valence-corrected chi connectivity index (χ0v) is 13.5. The molecule has 136 valence electrons. The first-order chi connectivity index (χ1) is 11.5. The number of hydrogen-bond donors (Lipinski definition) is 0. The second kappa shape index (κ2) is 7.56. The molecule has 0 aromatic heterocycles. The molecular formula is C16H16F3NO5. The topological polar surface area (TPSA) is 86.5 Å². The number of carbonyl (C=O) groups is 2. The van der Waals surface area contributed by atoms with Crippen LogP contribution in [0, 0.1) is 10.1 Å². The van der Waals surface area contributed by atoms with Gasteiger partial charge in [-0.1, -0.05) is 12.1 Å². The van der Waals surface area contributed by atoms with E-state index in [1.807, 2.05) is 0 Å². The maximum absolute atomic E-state index is 12.8. The zero-order valence-electron chi connectivity index (χ0n) is 13.5. The number of ketones is 1. The van der Waals surface area contributed by atoms with Crippen molar-refractivity contribution in [1.82, 2.24) is 0 Å². The molecule has 1 rings (SSSR count). The molecule has 0 saturated carbocycles. The first kappa shape index (κ1) is 20.5. The lowest BCUT2D eigenvalue weighted by Gasteiger charge is -2.27. The van der Waals surface area contributed by atoms with Crippen molar-refractivity contribution in [1.29, 1.82) is 0 Å². The summed E-state index contributed by atoms with van der Waals surface area (Å²) in [6.07, 6.45) is -5.03. The number of nitro groups is 1. The van der Waals surface area contributed by atoms with Crippen molar-refractivity contribution in [3.8, 4) is 0 Å². The van der Waals surface area contributed by atoms with E-state index < -0.39 is 39.7 Å². The first-order valence-corrected chi connectivity index (χ1v) is 7.13. The van der Waals surface area contributed by atoms with Crippen LogP contribution in [0.5, 0.6) is 0 Å². The number of allylic oxidation sites excluding steroid dienone is 1. The molecular weight excluding hydrogens is 343 g/mol. The Morgan fingerprint density at radius 3 is 2.44 bits per heavy atom. The van der Waals surface area contributed by atoms with Gasteiger partial charge in [-0.15, -0.1) is 6.58 Å². The maximum Gasteiger partial charge on any atom is 0.416 e. The van der Waals surface area contributed by atoms with Gasteiger partial charge in [0.1, 0.15) is 0 Å². The summed E-state index contributed by atoms with van der Waals surface area (Å²) >= 11 is 0. The zero-order chi connectivity index (χ0) is 19.4. The van der Waals surface area contributed by atoms with Crippen LogP contribution in [0.15, 0.2) is 30.9 Å². The summed E-state index contributed by atoms with van der Waals surface area (Å²) in [4.78, 5) is 33.9. The highest BCUT2D eigenvalue weighted by Crippen LogP contribution is 2.39. The smallest absolute Gasteiger partial charge is 0.363 e. The van der Waals surface area contributed by atoms with Gasteiger partial charge in [-0.3, -0.25) is 19.7 Å². The predicted molar refractivity (Wildman–Crippen MR) is 82.1 cm³/mol. The Kier molecular flexibility index (Phi) is 6.20. The molecule has 0 aliphatic rings. The minimum atomic E-state index is -4.78. The van der Waals surface area contributed by atoms with Crippen LogP contribution in [0.4, 0.5) is 18.9 Å². The second-order valence-electron chi connectivity index (χ2n) is 5.27. The van der Waals surface area contributed by atoms with E-state index in [2.05, 4.69) is 6.58 Å². The van der Waals surface area contributed by atoms with Crippen molar-refractivity contribution in [3.63, 3.8) is 0 Å². The molecule has 9 heteroatoms. The fourth-order valence-corrected chi connectivity index (χ4v) is 2.29. The number of alkyl halides is 3. The van der Waals surface area contributed by atoms with E-state index in [1.54, 1.807) is 0 Å². The number of carbonyl (C=O) groups excluding carboxylic acids is 2. The lowest BCUT2D eigenvalue weighted by molar-refractivity contribution is -0.386. The average Bonchev–Trinajstić information content (AvgIpc) is 2.56. The van der Waals surface area contributed by atoms with Crippen LogP contribution in [-0.4, -0.2) is 29.7 Å². The molecule has 0 radical (unpaired) electrons. The van der Waals surface area contributed by atoms with E-state index in [9.17, 15) is 32.9 Å². The molecule has 1 aromatic rings. The SMILES string of the molecule is C=CC(C)(C(=O)C(C=O)OCC)c1ccc(C(F)(F)F)cc1[N+](=O)[O-]. The quantitative estimate of drug-likeness (QED) is 0.234. The minimum absolute atomic E-state index is 0.0253. The van der Waals surface area contributed by atoms with E-state index in [4.69, 9.17) is 4.74 Å². The number of nitro benzene ring substituents is 1. The number of halogens is 3. The minimum Gasteiger partial charge on any atom is -0.363 e. The molecule has 0 saturated heterocycles. The van der Waals surface area contributed by atoms with Gasteiger partial charge in [0.2, 0.25) is 0 Å². The predicted octanol–water partition coefficient (Wildman–Crippen LogP) is 3.23. The van der Waals surface area contributed by atoms with Crippen LogP contribution >= 0.6 is 0 Å². The number of rotatable bonds is 8. The Bertz CT molecular complexity index is 702. The summed E-state index contributed by atoms with van der Waals surface area (Å²) in [5, 5.41) is 11.2. The first-order valence-electron chi connectivity index (χ1n) is 7.13. The molecule has 0 bridgehead atoms. The summed E-state index contributed by atoms with van der Waals surface area (Å²) in [6, 6.07) is 1.82. The average molecular weight is 359 g/mol. The molecule has 0 spiro atoms. The molecule has 0 N–H and O–H groups in total. The fraction of sp³-hybridized carbons (Fsp3) is 0.375. The number of Topliss-reactive ketones (excluding diaryl/α,β-unsaturated/α-hetero) is 1. The van der Waals surface area contributed by atoms with E-state index in [0.717, 1.165) is 12.1 Å². The van der Waals surface area contributed by atoms with Gasteiger partial charge in [0.05, 0.1) is 15.9 Å². The van der Waals surface area contributed by atoms with E-state index in [0.29, 0.717) is 12.1 Å². The fourth-order valence-electron chi connectivity index (χ4n) is 2.29. The summed E-state index contributed by atoms with van der Waals surface area (Å²) < 4.78 is 43.4. The summed E-state index contributed by atoms with van der Waals surface area (Å²) in [5.41, 5.74) is -4.21. The second-order valence-corrected chi connectivity index (χ2v) is 5.27. The number of ether oxygens (including phenoxy) is 1. The summed E-state index contributed by atoms with van der Waals surface area (Å²) in [7, 11) is 0. The van der Waals surface area contributed by atoms with Crippen molar-refractivity contribution in [2.75, 3.05) is 6.61 Å². The molecule has 0 amide bonds. The lowest BCUT2D eigenvalue weighted by atomic mass is 9.75. The lowest BCUT2D eigenvalue weighted by Crippen LogP contribution is -2.41. The Morgan fingerprint density at radius 1 is 1.44 bits per heavy atom. The molecule has 2 unspecified atom stereocenters. The Balaban J connectivity index is 3.58. The molecule has 0 aliphatic heterocycles. The summed E-state index contributed by atoms with van der Waals surface area (Å²) in [5.74, 6) is -0.859. The van der Waals surface area contributed by atoms with Crippen molar-refractivity contribution in [2.24, 2.45) is 0 Å². The van der Waals surface area contributed by atoms with Crippen LogP contribution in [0.1, 0.15) is 25.0 Å². The third-order valence-corrected chi connectivity index (χ3v) is 3.73.